The fourth-order valence-electron chi connectivity index (χ4n) is 3.72. The molecule has 3 rings (SSSR count). The number of nitrogens with zero attached hydrogens (tertiary/aromatic N) is 1. The van der Waals surface area contributed by atoms with Gasteiger partial charge in [0.15, 0.2) is 0 Å². The Hall–Kier alpha value is -2.76. The Labute approximate surface area is 180 Å². The molecular formula is C25H28NO3Si. The van der Waals surface area contributed by atoms with E-state index in [1.165, 1.54) is 0 Å². The summed E-state index contributed by atoms with van der Waals surface area (Å²) in [5.41, 5.74) is 2.51. The van der Waals surface area contributed by atoms with E-state index in [1.807, 2.05) is 56.3 Å². The summed E-state index contributed by atoms with van der Waals surface area (Å²) in [6.07, 6.45) is -0.285. The highest BCUT2D eigenvalue weighted by Gasteiger charge is 2.35. The Kier molecular flexibility index (Phi) is 6.54. The van der Waals surface area contributed by atoms with E-state index >= 15 is 0 Å². The first-order chi connectivity index (χ1) is 14.2. The summed E-state index contributed by atoms with van der Waals surface area (Å²) in [6.45, 7) is 10.2. The molecule has 0 saturated carbocycles. The van der Waals surface area contributed by atoms with Gasteiger partial charge in [-0.15, -0.1) is 0 Å². The lowest BCUT2D eigenvalue weighted by Gasteiger charge is -2.36. The lowest BCUT2D eigenvalue weighted by atomic mass is 9.81. The third kappa shape index (κ3) is 4.69. The predicted molar refractivity (Wildman–Crippen MR) is 124 cm³/mol. The zero-order valence-corrected chi connectivity index (χ0v) is 19.2. The number of hydrogen-bond donors (Lipinski definition) is 0. The van der Waals surface area contributed by atoms with Gasteiger partial charge >= 0.3 is 0 Å². The fourth-order valence-corrected chi connectivity index (χ4v) is 6.03. The summed E-state index contributed by atoms with van der Waals surface area (Å²) in [5.74, 6) is 0. The van der Waals surface area contributed by atoms with Gasteiger partial charge < -0.3 is 4.43 Å². The van der Waals surface area contributed by atoms with Crippen molar-refractivity contribution in [2.75, 3.05) is 0 Å². The third-order valence-electron chi connectivity index (χ3n) is 5.26. The molecule has 0 amide bonds. The van der Waals surface area contributed by atoms with E-state index in [4.69, 9.17) is 4.43 Å². The van der Waals surface area contributed by atoms with E-state index in [0.29, 0.717) is 5.56 Å². The van der Waals surface area contributed by atoms with E-state index < -0.39 is 9.04 Å². The summed E-state index contributed by atoms with van der Waals surface area (Å²) in [6, 6.07) is 24.0. The minimum atomic E-state index is -1.56. The van der Waals surface area contributed by atoms with Gasteiger partial charge in [0.1, 0.15) is 0 Å². The van der Waals surface area contributed by atoms with Gasteiger partial charge in [-0.25, -0.2) is 0 Å². The van der Waals surface area contributed by atoms with E-state index in [9.17, 15) is 10.1 Å². The van der Waals surface area contributed by atoms with Crippen molar-refractivity contribution >= 4 is 25.1 Å². The first-order valence-electron chi connectivity index (χ1n) is 10.1. The smallest absolute Gasteiger partial charge is 0.283 e. The maximum Gasteiger partial charge on any atom is 0.283 e. The van der Waals surface area contributed by atoms with Crippen LogP contribution >= 0.6 is 0 Å². The summed E-state index contributed by atoms with van der Waals surface area (Å²) < 4.78 is 6.95. The van der Waals surface area contributed by atoms with Gasteiger partial charge in [0.2, 0.25) is 0 Å². The van der Waals surface area contributed by atoms with Crippen molar-refractivity contribution in [2.24, 2.45) is 5.41 Å². The maximum atomic E-state index is 11.6. The highest BCUT2D eigenvalue weighted by Crippen LogP contribution is 2.41. The van der Waals surface area contributed by atoms with Gasteiger partial charge in [0.05, 0.1) is 11.0 Å². The van der Waals surface area contributed by atoms with Crippen LogP contribution in [0.15, 0.2) is 72.8 Å². The molecule has 155 valence electrons. The zero-order chi connectivity index (χ0) is 21.9. The Morgan fingerprint density at radius 2 is 1.37 bits per heavy atom. The molecule has 0 aliphatic rings. The molecule has 4 nitrogen and oxygen atoms in total. The van der Waals surface area contributed by atoms with E-state index in [-0.39, 0.29) is 22.1 Å². The molecule has 1 unspecified atom stereocenters. The van der Waals surface area contributed by atoms with Crippen molar-refractivity contribution in [2.45, 2.75) is 40.7 Å². The van der Waals surface area contributed by atoms with Crippen LogP contribution in [0.4, 0.5) is 5.69 Å². The van der Waals surface area contributed by atoms with Crippen LogP contribution in [0.3, 0.4) is 0 Å². The van der Waals surface area contributed by atoms with Gasteiger partial charge in [-0.1, -0.05) is 87.5 Å². The number of aryl methyl sites for hydroxylation is 1. The molecule has 0 aliphatic heterocycles. The standard InChI is InChI=1S/C25H28NO3Si/c1-18-16-17-22(26(27)28)19(2)23(18)24(25(3,4)5)29-30(20-12-8-6-9-13-20)21-14-10-7-11-15-21/h6-17,24H,1-5H3. The second kappa shape index (κ2) is 8.94. The number of nitro groups is 1. The molecule has 0 spiro atoms. The molecule has 0 saturated heterocycles. The Morgan fingerprint density at radius 3 is 1.80 bits per heavy atom. The molecular weight excluding hydrogens is 390 g/mol. The van der Waals surface area contributed by atoms with E-state index in [2.05, 4.69) is 45.0 Å². The quantitative estimate of drug-likeness (QED) is 0.317. The second-order valence-electron chi connectivity index (χ2n) is 8.62. The first kappa shape index (κ1) is 21.9. The molecule has 30 heavy (non-hydrogen) atoms. The fraction of sp³-hybridized carbons (Fsp3) is 0.280. The molecule has 0 heterocycles. The minimum Gasteiger partial charge on any atom is -0.400 e. The lowest BCUT2D eigenvalue weighted by Crippen LogP contribution is -2.47. The van der Waals surface area contributed by atoms with Crippen LogP contribution < -0.4 is 10.4 Å². The molecule has 0 aromatic heterocycles. The van der Waals surface area contributed by atoms with Gasteiger partial charge in [-0.05, 0) is 40.8 Å². The van der Waals surface area contributed by atoms with Crippen LogP contribution in [0, 0.1) is 29.4 Å². The molecule has 1 radical (unpaired) electrons. The highest BCUT2D eigenvalue weighted by molar-refractivity contribution is 6.80. The van der Waals surface area contributed by atoms with Gasteiger partial charge in [-0.2, -0.15) is 0 Å². The molecule has 0 aliphatic carbocycles. The largest absolute Gasteiger partial charge is 0.400 e. The Bertz CT molecular complexity index is 974. The van der Waals surface area contributed by atoms with Crippen molar-refractivity contribution in [3.63, 3.8) is 0 Å². The Balaban J connectivity index is 2.15. The highest BCUT2D eigenvalue weighted by atomic mass is 28.3. The van der Waals surface area contributed by atoms with Gasteiger partial charge in [-0.3, -0.25) is 10.1 Å². The number of rotatable bonds is 6. The topological polar surface area (TPSA) is 52.4 Å². The maximum absolute atomic E-state index is 11.6. The van der Waals surface area contributed by atoms with Crippen molar-refractivity contribution in [3.8, 4) is 0 Å². The molecule has 5 heteroatoms. The van der Waals surface area contributed by atoms with E-state index in [1.54, 1.807) is 6.07 Å². The molecule has 3 aromatic carbocycles. The molecule has 3 aromatic rings. The molecule has 1 atom stereocenters. The van der Waals surface area contributed by atoms with Crippen LogP contribution in [-0.2, 0) is 4.43 Å². The molecule has 0 fully saturated rings. The normalized spacial score (nSPS) is 12.7. The van der Waals surface area contributed by atoms with Crippen molar-refractivity contribution in [1.29, 1.82) is 0 Å². The van der Waals surface area contributed by atoms with Crippen LogP contribution in [0.5, 0.6) is 0 Å². The lowest BCUT2D eigenvalue weighted by molar-refractivity contribution is -0.385. The number of benzene rings is 3. The van der Waals surface area contributed by atoms with Gasteiger partial charge in [0, 0.05) is 11.6 Å². The first-order valence-corrected chi connectivity index (χ1v) is 11.5. The second-order valence-corrected chi connectivity index (χ2v) is 10.7. The van der Waals surface area contributed by atoms with Crippen LogP contribution in [0.1, 0.15) is 43.6 Å². The number of nitro benzene ring substituents is 1. The molecule has 0 bridgehead atoms. The average molecular weight is 419 g/mol. The van der Waals surface area contributed by atoms with Gasteiger partial charge in [0.25, 0.3) is 14.7 Å². The molecule has 0 N–H and O–H groups in total. The van der Waals surface area contributed by atoms with Crippen LogP contribution in [-0.4, -0.2) is 14.0 Å². The van der Waals surface area contributed by atoms with Crippen LogP contribution in [0.25, 0.3) is 0 Å². The monoisotopic (exact) mass is 418 g/mol. The summed E-state index contributed by atoms with van der Waals surface area (Å²) in [7, 11) is -1.56. The third-order valence-corrected chi connectivity index (χ3v) is 7.44. The SMILES string of the molecule is Cc1ccc([N+](=O)[O-])c(C)c1C(O[Si](c1ccccc1)c1ccccc1)C(C)(C)C. The zero-order valence-electron chi connectivity index (χ0n) is 18.2. The summed E-state index contributed by atoms with van der Waals surface area (Å²) in [5, 5.41) is 13.9. The predicted octanol–water partition coefficient (Wildman–Crippen LogP) is 5.12. The van der Waals surface area contributed by atoms with Crippen molar-refractivity contribution in [3.05, 3.63) is 99.6 Å². The van der Waals surface area contributed by atoms with E-state index in [0.717, 1.165) is 21.5 Å². The minimum absolute atomic E-state index is 0.140. The van der Waals surface area contributed by atoms with Crippen molar-refractivity contribution in [1.82, 2.24) is 0 Å². The van der Waals surface area contributed by atoms with Crippen molar-refractivity contribution < 1.29 is 9.35 Å². The summed E-state index contributed by atoms with van der Waals surface area (Å²) in [4.78, 5) is 11.3. The number of hydrogen-bond acceptors (Lipinski definition) is 3. The van der Waals surface area contributed by atoms with Crippen LogP contribution in [0.2, 0.25) is 0 Å². The Morgan fingerprint density at radius 1 is 0.867 bits per heavy atom. The average Bonchev–Trinajstić information content (AvgIpc) is 2.70. The summed E-state index contributed by atoms with van der Waals surface area (Å²) >= 11 is 0.